The quantitative estimate of drug-likeness (QED) is 0.421. The van der Waals surface area contributed by atoms with Gasteiger partial charge in [0.25, 0.3) is 6.04 Å². The van der Waals surface area contributed by atoms with E-state index in [1.165, 1.54) is 0 Å². The molecule has 5 nitrogen and oxygen atoms in total. The third-order valence-electron chi connectivity index (χ3n) is 1.09. The van der Waals surface area contributed by atoms with Gasteiger partial charge in [0.2, 0.25) is 0 Å². The van der Waals surface area contributed by atoms with Gasteiger partial charge in [-0.1, -0.05) is 13.8 Å². The Morgan fingerprint density at radius 2 is 1.82 bits per heavy atom. The van der Waals surface area contributed by atoms with E-state index >= 15 is 0 Å². The maximum atomic E-state index is 10.00. The maximum Gasteiger partial charge on any atom is 0.259 e. The third kappa shape index (κ3) is 3.90. The van der Waals surface area contributed by atoms with Crippen molar-refractivity contribution < 1.29 is 14.4 Å². The second-order valence-corrected chi connectivity index (χ2v) is 1.80. The number of hydrogen-bond donors (Lipinski definition) is 0. The average molecular weight is 163 g/mol. The summed E-state index contributed by atoms with van der Waals surface area (Å²) in [6.07, 6.45) is 0. The molecule has 0 aromatic rings. The van der Waals surface area contributed by atoms with Gasteiger partial charge in [-0.2, -0.15) is 0 Å². The monoisotopic (exact) mass is 163 g/mol. The highest BCUT2D eigenvalue weighted by molar-refractivity contribution is 4.54. The Bertz CT molecular complexity index is 111. The van der Waals surface area contributed by atoms with Crippen molar-refractivity contribution in [2.75, 3.05) is 20.0 Å². The third-order valence-corrected chi connectivity index (χ3v) is 1.09. The van der Waals surface area contributed by atoms with Crippen LogP contribution in [0.4, 0.5) is 0 Å². The lowest BCUT2D eigenvalue weighted by molar-refractivity contribution is -0.539. The fourth-order valence-corrected chi connectivity index (χ4v) is 0.597. The van der Waals surface area contributed by atoms with Crippen LogP contribution in [0.1, 0.15) is 13.8 Å². The molecule has 66 valence electrons. The Labute approximate surface area is 65.4 Å². The van der Waals surface area contributed by atoms with E-state index in [1.54, 1.807) is 0 Å². The minimum Gasteiger partial charge on any atom is -0.348 e. The number of nitro groups is 1. The lowest BCUT2D eigenvalue weighted by Crippen LogP contribution is -2.35. The lowest BCUT2D eigenvalue weighted by Gasteiger charge is -2.15. The van der Waals surface area contributed by atoms with E-state index in [-0.39, 0.29) is 24.9 Å². The van der Waals surface area contributed by atoms with Crippen molar-refractivity contribution in [3.63, 3.8) is 0 Å². The summed E-state index contributed by atoms with van der Waals surface area (Å²) in [6.45, 7) is 4.53. The van der Waals surface area contributed by atoms with Crippen LogP contribution in [0, 0.1) is 10.1 Å². The fraction of sp³-hybridized carbons (Fsp3) is 1.00. The van der Waals surface area contributed by atoms with Crippen LogP contribution in [0.5, 0.6) is 0 Å². The fourth-order valence-electron chi connectivity index (χ4n) is 0.597. The van der Waals surface area contributed by atoms with Crippen LogP contribution >= 0.6 is 0 Å². The molecule has 5 heteroatoms. The molecule has 1 aliphatic heterocycles. The van der Waals surface area contributed by atoms with Crippen LogP contribution in [-0.2, 0) is 9.47 Å². The molecule has 1 saturated heterocycles. The van der Waals surface area contributed by atoms with Gasteiger partial charge in [0, 0.05) is 4.92 Å². The van der Waals surface area contributed by atoms with Gasteiger partial charge in [0.1, 0.15) is 20.0 Å². The van der Waals surface area contributed by atoms with Crippen LogP contribution in [0.3, 0.4) is 0 Å². The summed E-state index contributed by atoms with van der Waals surface area (Å²) < 4.78 is 9.36. The molecule has 1 rings (SSSR count). The lowest BCUT2D eigenvalue weighted by atomic mass is 10.3. The van der Waals surface area contributed by atoms with Gasteiger partial charge in [0.05, 0.1) is 0 Å². The van der Waals surface area contributed by atoms with E-state index < -0.39 is 6.04 Å². The molecule has 1 aliphatic rings. The highest BCUT2D eigenvalue weighted by atomic mass is 16.7. The molecule has 0 bridgehead atoms. The summed E-state index contributed by atoms with van der Waals surface area (Å²) in [6, 6.07) is -0.668. The first-order chi connectivity index (χ1) is 5.30. The maximum absolute atomic E-state index is 10.00. The van der Waals surface area contributed by atoms with Gasteiger partial charge < -0.3 is 9.47 Å². The first kappa shape index (κ1) is 10.3. The van der Waals surface area contributed by atoms with Crippen molar-refractivity contribution in [1.82, 2.24) is 0 Å². The van der Waals surface area contributed by atoms with Crippen LogP contribution in [-0.4, -0.2) is 31.0 Å². The second-order valence-electron chi connectivity index (χ2n) is 1.80. The Balaban J connectivity index is 0.000000461. The molecule has 11 heavy (non-hydrogen) atoms. The minimum absolute atomic E-state index is 0.174. The predicted octanol–water partition coefficient (Wildman–Crippen LogP) is 0.662. The Morgan fingerprint density at radius 1 is 1.36 bits per heavy atom. The van der Waals surface area contributed by atoms with Gasteiger partial charge in [-0.15, -0.1) is 0 Å². The SMILES string of the molecule is CC.O=[N+]([O-])C1COCOC1. The molecule has 0 spiro atoms. The molecule has 0 N–H and O–H groups in total. The number of ether oxygens (including phenoxy) is 2. The summed E-state index contributed by atoms with van der Waals surface area (Å²) >= 11 is 0. The Hall–Kier alpha value is -0.680. The number of nitrogens with zero attached hydrogens (tertiary/aromatic N) is 1. The molecule has 1 heterocycles. The number of rotatable bonds is 1. The van der Waals surface area contributed by atoms with E-state index in [2.05, 4.69) is 9.47 Å². The molecule has 0 aromatic carbocycles. The van der Waals surface area contributed by atoms with E-state index in [0.717, 1.165) is 0 Å². The highest BCUT2D eigenvalue weighted by Crippen LogP contribution is 1.98. The largest absolute Gasteiger partial charge is 0.348 e. The van der Waals surface area contributed by atoms with Crippen molar-refractivity contribution in [3.8, 4) is 0 Å². The van der Waals surface area contributed by atoms with E-state index in [1.807, 2.05) is 13.8 Å². The van der Waals surface area contributed by atoms with Gasteiger partial charge in [0.15, 0.2) is 0 Å². The van der Waals surface area contributed by atoms with E-state index in [0.29, 0.717) is 0 Å². The predicted molar refractivity (Wildman–Crippen MR) is 38.9 cm³/mol. The Morgan fingerprint density at radius 3 is 2.09 bits per heavy atom. The van der Waals surface area contributed by atoms with Crippen LogP contribution < -0.4 is 0 Å². The molecular weight excluding hydrogens is 150 g/mol. The Kier molecular flexibility index (Phi) is 5.68. The van der Waals surface area contributed by atoms with Gasteiger partial charge in [-0.3, -0.25) is 10.1 Å². The van der Waals surface area contributed by atoms with Crippen LogP contribution in [0.15, 0.2) is 0 Å². The zero-order valence-corrected chi connectivity index (χ0v) is 6.78. The summed E-state index contributed by atoms with van der Waals surface area (Å²) in [5.74, 6) is 0. The zero-order chi connectivity index (χ0) is 8.69. The summed E-state index contributed by atoms with van der Waals surface area (Å²) in [7, 11) is 0. The van der Waals surface area contributed by atoms with Gasteiger partial charge >= 0.3 is 0 Å². The molecule has 0 aliphatic carbocycles. The minimum atomic E-state index is -0.668. The van der Waals surface area contributed by atoms with Crippen molar-refractivity contribution in [2.45, 2.75) is 19.9 Å². The smallest absolute Gasteiger partial charge is 0.259 e. The molecule has 0 radical (unpaired) electrons. The molecule has 0 saturated carbocycles. The van der Waals surface area contributed by atoms with Crippen molar-refractivity contribution in [3.05, 3.63) is 10.1 Å². The average Bonchev–Trinajstić information content (AvgIpc) is 2.10. The summed E-state index contributed by atoms with van der Waals surface area (Å²) in [5, 5.41) is 10.00. The molecule has 0 amide bonds. The summed E-state index contributed by atoms with van der Waals surface area (Å²) in [5.41, 5.74) is 0. The normalized spacial score (nSPS) is 18.4. The highest BCUT2D eigenvalue weighted by Gasteiger charge is 2.23. The standard InChI is InChI=1S/C4H7NO4.C2H6/c6-5(7)4-1-8-3-9-2-4;1-2/h4H,1-3H2;1-2H3. The molecular formula is C6H13NO4. The van der Waals surface area contributed by atoms with E-state index in [9.17, 15) is 10.1 Å². The topological polar surface area (TPSA) is 61.6 Å². The molecule has 0 aromatic heterocycles. The van der Waals surface area contributed by atoms with Gasteiger partial charge in [-0.25, -0.2) is 0 Å². The molecule has 0 unspecified atom stereocenters. The summed E-state index contributed by atoms with van der Waals surface area (Å²) in [4.78, 5) is 9.61. The van der Waals surface area contributed by atoms with Crippen LogP contribution in [0.25, 0.3) is 0 Å². The van der Waals surface area contributed by atoms with Crippen molar-refractivity contribution >= 4 is 0 Å². The first-order valence-electron chi connectivity index (χ1n) is 3.59. The van der Waals surface area contributed by atoms with Gasteiger partial charge in [-0.05, 0) is 0 Å². The zero-order valence-electron chi connectivity index (χ0n) is 6.78. The first-order valence-corrected chi connectivity index (χ1v) is 3.59. The van der Waals surface area contributed by atoms with Crippen LogP contribution in [0.2, 0.25) is 0 Å². The second kappa shape index (κ2) is 6.06. The number of hydrogen-bond acceptors (Lipinski definition) is 4. The van der Waals surface area contributed by atoms with Crippen molar-refractivity contribution in [2.24, 2.45) is 0 Å². The van der Waals surface area contributed by atoms with E-state index in [4.69, 9.17) is 0 Å². The molecule has 1 fully saturated rings. The van der Waals surface area contributed by atoms with Crippen molar-refractivity contribution in [1.29, 1.82) is 0 Å². The molecule has 0 atom stereocenters.